The first kappa shape index (κ1) is 22.8. The van der Waals surface area contributed by atoms with Gasteiger partial charge in [-0.3, -0.25) is 0 Å². The van der Waals surface area contributed by atoms with E-state index in [1.54, 1.807) is 0 Å². The van der Waals surface area contributed by atoms with Crippen LogP contribution in [0.2, 0.25) is 0 Å². The smallest absolute Gasteiger partial charge is 0.0541 e. The molecule has 0 amide bonds. The van der Waals surface area contributed by atoms with Crippen LogP contribution < -0.4 is 10.6 Å². The van der Waals surface area contributed by atoms with Crippen molar-refractivity contribution in [1.82, 2.24) is 4.57 Å². The highest BCUT2D eigenvalue weighted by Crippen LogP contribution is 2.67. The van der Waals surface area contributed by atoms with Gasteiger partial charge in [-0.1, -0.05) is 122 Å². The van der Waals surface area contributed by atoms with Crippen molar-refractivity contribution in [2.24, 2.45) is 0 Å². The molecule has 6 aromatic rings. The molecule has 1 nitrogen and oxygen atoms in total. The molecule has 1 aliphatic carbocycles. The molecule has 0 saturated heterocycles. The van der Waals surface area contributed by atoms with Crippen LogP contribution in [0.1, 0.15) is 24.0 Å². The van der Waals surface area contributed by atoms with Gasteiger partial charge in [-0.25, -0.2) is 0 Å². The monoisotopic (exact) mass is 517 g/mol. The van der Waals surface area contributed by atoms with Crippen LogP contribution >= 0.6 is 7.92 Å². The molecule has 0 saturated carbocycles. The minimum absolute atomic E-state index is 0.0272. The molecular weight excluding hydrogens is 489 g/mol. The predicted molar refractivity (Wildman–Crippen MR) is 168 cm³/mol. The maximum Gasteiger partial charge on any atom is 0.0541 e. The van der Waals surface area contributed by atoms with E-state index in [1.807, 2.05) is 0 Å². The second-order valence-corrected chi connectivity index (χ2v) is 13.3. The molecule has 5 aromatic carbocycles. The first-order chi connectivity index (χ1) is 19.2. The summed E-state index contributed by atoms with van der Waals surface area (Å²) in [4.78, 5) is 0. The summed E-state index contributed by atoms with van der Waals surface area (Å²) in [5.74, 6) is 0.277. The quantitative estimate of drug-likeness (QED) is 0.207. The lowest BCUT2D eigenvalue weighted by Crippen LogP contribution is -2.34. The molecule has 0 N–H and O–H groups in total. The van der Waals surface area contributed by atoms with E-state index < -0.39 is 7.92 Å². The molecule has 0 radical (unpaired) electrons. The summed E-state index contributed by atoms with van der Waals surface area (Å²) < 4.78 is 2.40. The third-order valence-corrected chi connectivity index (χ3v) is 11.8. The van der Waals surface area contributed by atoms with Crippen LogP contribution in [0, 0.1) is 0 Å². The first-order valence-electron chi connectivity index (χ1n) is 13.7. The Labute approximate surface area is 230 Å². The van der Waals surface area contributed by atoms with E-state index in [-0.39, 0.29) is 11.1 Å². The fourth-order valence-corrected chi connectivity index (χ4v) is 10.4. The van der Waals surface area contributed by atoms with Gasteiger partial charge in [0.2, 0.25) is 0 Å². The highest BCUT2D eigenvalue weighted by Gasteiger charge is 2.52. The number of hydrogen-bond acceptors (Lipinski definition) is 0. The van der Waals surface area contributed by atoms with Gasteiger partial charge in [0.1, 0.15) is 0 Å². The van der Waals surface area contributed by atoms with Gasteiger partial charge in [0, 0.05) is 27.5 Å². The molecule has 3 unspecified atom stereocenters. The van der Waals surface area contributed by atoms with E-state index in [1.165, 1.54) is 54.8 Å². The zero-order valence-electron chi connectivity index (χ0n) is 21.8. The minimum atomic E-state index is -0.592. The number of rotatable bonds is 3. The summed E-state index contributed by atoms with van der Waals surface area (Å²) in [6.07, 6.45) is 7.12. The van der Waals surface area contributed by atoms with Gasteiger partial charge in [-0.2, -0.15) is 0 Å². The number of fused-ring (bicyclic) bond motifs is 6. The van der Waals surface area contributed by atoms with Crippen molar-refractivity contribution >= 4 is 45.9 Å². The maximum absolute atomic E-state index is 2.52. The Morgan fingerprint density at radius 3 is 2.21 bits per heavy atom. The van der Waals surface area contributed by atoms with Gasteiger partial charge < -0.3 is 4.57 Å². The third-order valence-electron chi connectivity index (χ3n) is 8.70. The van der Waals surface area contributed by atoms with E-state index >= 15 is 0 Å². The largest absolute Gasteiger partial charge is 0.309 e. The van der Waals surface area contributed by atoms with Crippen molar-refractivity contribution < 1.29 is 0 Å². The van der Waals surface area contributed by atoms with Crippen LogP contribution in [0.15, 0.2) is 146 Å². The number of para-hydroxylation sites is 2. The number of aromatic nitrogens is 1. The van der Waals surface area contributed by atoms with E-state index in [4.69, 9.17) is 0 Å². The minimum Gasteiger partial charge on any atom is -0.309 e. The molecule has 186 valence electrons. The van der Waals surface area contributed by atoms with Gasteiger partial charge in [0.25, 0.3) is 0 Å². The Morgan fingerprint density at radius 1 is 0.667 bits per heavy atom. The molecule has 8 rings (SSSR count). The fourth-order valence-electron chi connectivity index (χ4n) is 7.01. The lowest BCUT2D eigenvalue weighted by atomic mass is 9.76. The molecule has 0 fully saturated rings. The van der Waals surface area contributed by atoms with Gasteiger partial charge in [0.05, 0.1) is 11.0 Å². The van der Waals surface area contributed by atoms with Crippen molar-refractivity contribution in [3.8, 4) is 5.69 Å². The Bertz CT molecular complexity index is 1930. The van der Waals surface area contributed by atoms with Gasteiger partial charge in [-0.15, -0.1) is 0 Å². The zero-order chi connectivity index (χ0) is 26.0. The molecule has 2 aliphatic rings. The molecule has 3 atom stereocenters. The van der Waals surface area contributed by atoms with Crippen LogP contribution in [0.5, 0.6) is 0 Å². The molecule has 2 heteroatoms. The summed E-state index contributed by atoms with van der Waals surface area (Å²) in [5.41, 5.74) is 8.00. The molecule has 1 aromatic heterocycles. The molecule has 39 heavy (non-hydrogen) atoms. The van der Waals surface area contributed by atoms with E-state index in [0.29, 0.717) is 0 Å². The first-order valence-corrected chi connectivity index (χ1v) is 15.0. The van der Waals surface area contributed by atoms with E-state index in [0.717, 1.165) is 0 Å². The van der Waals surface area contributed by atoms with Gasteiger partial charge in [-0.05, 0) is 65.6 Å². The van der Waals surface area contributed by atoms with Crippen LogP contribution in [-0.2, 0) is 0 Å². The summed E-state index contributed by atoms with van der Waals surface area (Å²) in [6, 6.07) is 47.1. The summed E-state index contributed by atoms with van der Waals surface area (Å²) in [6.45, 7) is 2.52. The van der Waals surface area contributed by atoms with Crippen LogP contribution in [0.25, 0.3) is 33.1 Å². The van der Waals surface area contributed by atoms with Gasteiger partial charge in [0.15, 0.2) is 0 Å². The maximum atomic E-state index is 2.52. The fraction of sp³-hybridized carbons (Fsp3) is 0.0811. The summed E-state index contributed by atoms with van der Waals surface area (Å²) in [7, 11) is -0.592. The number of hydrogen-bond donors (Lipinski definition) is 0. The zero-order valence-corrected chi connectivity index (χ0v) is 22.7. The van der Waals surface area contributed by atoms with Gasteiger partial charge >= 0.3 is 0 Å². The van der Waals surface area contributed by atoms with Crippen molar-refractivity contribution in [1.29, 1.82) is 0 Å². The molecule has 2 heterocycles. The van der Waals surface area contributed by atoms with Crippen molar-refractivity contribution in [3.63, 3.8) is 0 Å². The normalized spacial score (nSPS) is 21.6. The number of nitrogens with zero attached hydrogens (tertiary/aromatic N) is 1. The highest BCUT2D eigenvalue weighted by atomic mass is 31.1. The van der Waals surface area contributed by atoms with Crippen LogP contribution in [0.3, 0.4) is 0 Å². The van der Waals surface area contributed by atoms with Crippen LogP contribution in [-0.4, -0.2) is 9.72 Å². The number of allylic oxidation sites excluding steroid dienone is 4. The summed E-state index contributed by atoms with van der Waals surface area (Å²) >= 11 is 0. The lowest BCUT2D eigenvalue weighted by Gasteiger charge is -2.42. The molecule has 0 spiro atoms. The van der Waals surface area contributed by atoms with Crippen LogP contribution in [0.4, 0.5) is 0 Å². The topological polar surface area (TPSA) is 4.93 Å². The Hall–Kier alpha value is -4.19. The third kappa shape index (κ3) is 3.24. The Kier molecular flexibility index (Phi) is 5.06. The number of benzene rings is 5. The lowest BCUT2D eigenvalue weighted by molar-refractivity contribution is 0.703. The predicted octanol–water partition coefficient (Wildman–Crippen LogP) is 8.73. The second-order valence-electron chi connectivity index (χ2n) is 10.7. The van der Waals surface area contributed by atoms with Crippen molar-refractivity contribution in [2.45, 2.75) is 18.0 Å². The summed E-state index contributed by atoms with van der Waals surface area (Å²) in [5, 5.41) is 5.55. The molecular formula is C37H28NP. The highest BCUT2D eigenvalue weighted by molar-refractivity contribution is 7.75. The average molecular weight is 518 g/mol. The second kappa shape index (κ2) is 8.67. The van der Waals surface area contributed by atoms with E-state index in [9.17, 15) is 0 Å². The van der Waals surface area contributed by atoms with Crippen molar-refractivity contribution in [3.05, 3.63) is 157 Å². The van der Waals surface area contributed by atoms with E-state index in [2.05, 4.69) is 157 Å². The Morgan fingerprint density at radius 2 is 1.36 bits per heavy atom. The average Bonchev–Trinajstić information content (AvgIpc) is 3.46. The molecule has 0 bridgehead atoms. The Balaban J connectivity index is 1.35. The standard InChI is InChI=1S/C37H28NP/c1-37-32(19-12-20-33(37)30-18-9-11-22-36(30)39(37)28-15-6-3-7-16-28)26-23-24-35-31(25-26)29-17-8-10-21-34(29)38(35)27-13-4-2-5-14-27/h2-25,32H,1H3. The van der Waals surface area contributed by atoms with Crippen molar-refractivity contribution in [2.75, 3.05) is 0 Å². The SMILES string of the molecule is CC12C(=CC=CC1c1ccc3c(c1)c1ccccc1n3-c1ccccc1)c1ccccc1P2c1ccccc1. The molecule has 1 aliphatic heterocycles.